The standard InChI is InChI=1S/C18H29N3/c1-2-8-18(9-3-1)21-11-5-7-17(15-21)14-20-13-16-6-4-10-19-12-16/h4,6,10,12,17-18,20H,1-3,5,7-9,11,13-15H2/t17-/m1/s1. The van der Waals surface area contributed by atoms with E-state index in [9.17, 15) is 0 Å². The predicted octanol–water partition coefficient (Wildman–Crippen LogP) is 3.22. The van der Waals surface area contributed by atoms with Gasteiger partial charge in [0.25, 0.3) is 0 Å². The molecule has 2 fully saturated rings. The van der Waals surface area contributed by atoms with Crippen molar-refractivity contribution in [2.24, 2.45) is 5.92 Å². The molecule has 21 heavy (non-hydrogen) atoms. The molecule has 0 unspecified atom stereocenters. The smallest absolute Gasteiger partial charge is 0.0312 e. The molecule has 0 spiro atoms. The van der Waals surface area contributed by atoms with Crippen molar-refractivity contribution in [2.45, 2.75) is 57.5 Å². The number of rotatable bonds is 5. The summed E-state index contributed by atoms with van der Waals surface area (Å²) in [5.74, 6) is 0.831. The summed E-state index contributed by atoms with van der Waals surface area (Å²) in [4.78, 5) is 6.97. The van der Waals surface area contributed by atoms with Gasteiger partial charge in [-0.1, -0.05) is 25.3 Å². The third-order valence-corrected chi connectivity index (χ3v) is 5.13. The van der Waals surface area contributed by atoms with Gasteiger partial charge in [-0.2, -0.15) is 0 Å². The fraction of sp³-hybridized carbons (Fsp3) is 0.722. The summed E-state index contributed by atoms with van der Waals surface area (Å²) < 4.78 is 0. The number of likely N-dealkylation sites (tertiary alicyclic amines) is 1. The number of nitrogens with zero attached hydrogens (tertiary/aromatic N) is 2. The Kier molecular flexibility index (Phi) is 5.64. The Bertz CT molecular complexity index is 400. The number of nitrogens with one attached hydrogen (secondary N) is 1. The van der Waals surface area contributed by atoms with Gasteiger partial charge in [-0.25, -0.2) is 0 Å². The quantitative estimate of drug-likeness (QED) is 0.901. The van der Waals surface area contributed by atoms with Gasteiger partial charge in [0, 0.05) is 31.5 Å². The molecule has 0 radical (unpaired) electrons. The first kappa shape index (κ1) is 15.0. The molecule has 3 heteroatoms. The van der Waals surface area contributed by atoms with Crippen molar-refractivity contribution in [3.05, 3.63) is 30.1 Å². The van der Waals surface area contributed by atoms with E-state index < -0.39 is 0 Å². The fourth-order valence-electron chi connectivity index (χ4n) is 3.97. The third kappa shape index (κ3) is 4.52. The van der Waals surface area contributed by atoms with Gasteiger partial charge in [0.1, 0.15) is 0 Å². The van der Waals surface area contributed by atoms with Crippen molar-refractivity contribution in [1.82, 2.24) is 15.2 Å². The van der Waals surface area contributed by atoms with Crippen molar-refractivity contribution in [2.75, 3.05) is 19.6 Å². The van der Waals surface area contributed by atoms with Crippen LogP contribution in [0.2, 0.25) is 0 Å². The molecule has 3 nitrogen and oxygen atoms in total. The van der Waals surface area contributed by atoms with Crippen molar-refractivity contribution < 1.29 is 0 Å². The Morgan fingerprint density at radius 3 is 2.86 bits per heavy atom. The maximum atomic E-state index is 4.18. The molecule has 116 valence electrons. The molecule has 0 amide bonds. The zero-order chi connectivity index (χ0) is 14.3. The first-order valence-corrected chi connectivity index (χ1v) is 8.75. The van der Waals surface area contributed by atoms with Gasteiger partial charge >= 0.3 is 0 Å². The van der Waals surface area contributed by atoms with Gasteiger partial charge in [-0.15, -0.1) is 0 Å². The summed E-state index contributed by atoms with van der Waals surface area (Å²) >= 11 is 0. The normalized spacial score (nSPS) is 25.0. The van der Waals surface area contributed by atoms with Gasteiger partial charge < -0.3 is 10.2 Å². The summed E-state index contributed by atoms with van der Waals surface area (Å²) in [5, 5.41) is 3.63. The molecule has 0 bridgehead atoms. The molecule has 0 aromatic carbocycles. The topological polar surface area (TPSA) is 28.2 Å². The zero-order valence-corrected chi connectivity index (χ0v) is 13.1. The van der Waals surface area contributed by atoms with E-state index in [4.69, 9.17) is 0 Å². The minimum atomic E-state index is 0.831. The monoisotopic (exact) mass is 287 g/mol. The van der Waals surface area contributed by atoms with E-state index in [1.54, 1.807) is 0 Å². The van der Waals surface area contributed by atoms with E-state index in [1.807, 2.05) is 18.5 Å². The van der Waals surface area contributed by atoms with E-state index in [2.05, 4.69) is 21.3 Å². The first-order valence-electron chi connectivity index (χ1n) is 8.75. The fourth-order valence-corrected chi connectivity index (χ4v) is 3.97. The van der Waals surface area contributed by atoms with Crippen LogP contribution in [0.1, 0.15) is 50.5 Å². The molecule has 1 aromatic heterocycles. The van der Waals surface area contributed by atoms with E-state index in [0.717, 1.165) is 25.0 Å². The lowest BCUT2D eigenvalue weighted by Crippen LogP contribution is -2.45. The Hall–Kier alpha value is -0.930. The van der Waals surface area contributed by atoms with Crippen molar-refractivity contribution in [3.8, 4) is 0 Å². The zero-order valence-electron chi connectivity index (χ0n) is 13.1. The van der Waals surface area contributed by atoms with Crippen LogP contribution in [0.3, 0.4) is 0 Å². The van der Waals surface area contributed by atoms with Gasteiger partial charge in [0.2, 0.25) is 0 Å². The third-order valence-electron chi connectivity index (χ3n) is 5.13. The highest BCUT2D eigenvalue weighted by molar-refractivity contribution is 5.07. The lowest BCUT2D eigenvalue weighted by molar-refractivity contribution is 0.0979. The molecule has 1 atom stereocenters. The molecular weight excluding hydrogens is 258 g/mol. The van der Waals surface area contributed by atoms with E-state index in [-0.39, 0.29) is 0 Å². The second-order valence-electron chi connectivity index (χ2n) is 6.79. The van der Waals surface area contributed by atoms with Crippen LogP contribution >= 0.6 is 0 Å². The second-order valence-corrected chi connectivity index (χ2v) is 6.79. The van der Waals surface area contributed by atoms with Gasteiger partial charge in [0.15, 0.2) is 0 Å². The first-order chi connectivity index (χ1) is 10.4. The average Bonchev–Trinajstić information content (AvgIpc) is 2.57. The SMILES string of the molecule is c1cncc(CNC[C@H]2CCCN(C3CCCCC3)C2)c1. The summed E-state index contributed by atoms with van der Waals surface area (Å²) in [5.41, 5.74) is 1.29. The van der Waals surface area contributed by atoms with Crippen LogP contribution in [0.4, 0.5) is 0 Å². The lowest BCUT2D eigenvalue weighted by Gasteiger charge is -2.40. The van der Waals surface area contributed by atoms with E-state index >= 15 is 0 Å². The molecule has 1 saturated carbocycles. The number of hydrogen-bond donors (Lipinski definition) is 1. The van der Waals surface area contributed by atoms with Crippen LogP contribution in [0.15, 0.2) is 24.5 Å². The minimum absolute atomic E-state index is 0.831. The van der Waals surface area contributed by atoms with Crippen LogP contribution in [-0.4, -0.2) is 35.6 Å². The Morgan fingerprint density at radius 1 is 1.14 bits per heavy atom. The van der Waals surface area contributed by atoms with Crippen LogP contribution in [0.25, 0.3) is 0 Å². The number of aromatic nitrogens is 1. The van der Waals surface area contributed by atoms with Gasteiger partial charge in [-0.05, 0) is 56.3 Å². The molecule has 1 N–H and O–H groups in total. The highest BCUT2D eigenvalue weighted by atomic mass is 15.2. The summed E-state index contributed by atoms with van der Waals surface area (Å²) in [6.07, 6.45) is 13.8. The second kappa shape index (κ2) is 7.90. The van der Waals surface area contributed by atoms with Gasteiger partial charge in [0.05, 0.1) is 0 Å². The van der Waals surface area contributed by atoms with Crippen LogP contribution in [0, 0.1) is 5.92 Å². The number of piperidine rings is 1. The summed E-state index contributed by atoms with van der Waals surface area (Å²) in [6.45, 7) is 4.75. The van der Waals surface area contributed by atoms with Crippen LogP contribution in [0.5, 0.6) is 0 Å². The molecule has 2 aliphatic rings. The summed E-state index contributed by atoms with van der Waals surface area (Å²) in [7, 11) is 0. The number of pyridine rings is 1. The van der Waals surface area contributed by atoms with E-state index in [1.165, 1.54) is 63.6 Å². The Labute approximate surface area is 129 Å². The van der Waals surface area contributed by atoms with E-state index in [0.29, 0.717) is 0 Å². The molecule has 1 aliphatic carbocycles. The molecular formula is C18H29N3. The van der Waals surface area contributed by atoms with Crippen molar-refractivity contribution in [1.29, 1.82) is 0 Å². The molecule has 1 saturated heterocycles. The minimum Gasteiger partial charge on any atom is -0.312 e. The van der Waals surface area contributed by atoms with Crippen LogP contribution < -0.4 is 5.32 Å². The Morgan fingerprint density at radius 2 is 2.05 bits per heavy atom. The maximum absolute atomic E-state index is 4.18. The number of hydrogen-bond acceptors (Lipinski definition) is 3. The lowest BCUT2D eigenvalue weighted by atomic mass is 9.90. The molecule has 1 aliphatic heterocycles. The van der Waals surface area contributed by atoms with Crippen molar-refractivity contribution in [3.63, 3.8) is 0 Å². The Balaban J connectivity index is 1.41. The molecule has 2 heterocycles. The largest absolute Gasteiger partial charge is 0.312 e. The van der Waals surface area contributed by atoms with Crippen LogP contribution in [-0.2, 0) is 6.54 Å². The molecule has 1 aromatic rings. The predicted molar refractivity (Wildman–Crippen MR) is 87.1 cm³/mol. The molecule has 3 rings (SSSR count). The average molecular weight is 287 g/mol. The summed E-state index contributed by atoms with van der Waals surface area (Å²) in [6, 6.07) is 5.05. The van der Waals surface area contributed by atoms with Gasteiger partial charge in [-0.3, -0.25) is 4.98 Å². The maximum Gasteiger partial charge on any atom is 0.0312 e. The highest BCUT2D eigenvalue weighted by Gasteiger charge is 2.26. The van der Waals surface area contributed by atoms with Crippen molar-refractivity contribution >= 4 is 0 Å². The highest BCUT2D eigenvalue weighted by Crippen LogP contribution is 2.26.